The maximum absolute atomic E-state index is 6.84. The molecule has 0 aliphatic carbocycles. The molecule has 10 aromatic carbocycles. The van der Waals surface area contributed by atoms with E-state index in [2.05, 4.69) is 228 Å². The largest absolute Gasteiger partial charge is 0.455 e. The van der Waals surface area contributed by atoms with Crippen molar-refractivity contribution < 1.29 is 4.42 Å². The van der Waals surface area contributed by atoms with Crippen LogP contribution in [-0.2, 0) is 0 Å². The van der Waals surface area contributed by atoms with Crippen molar-refractivity contribution in [3.8, 4) is 67.8 Å². The van der Waals surface area contributed by atoms with E-state index in [1.165, 1.54) is 16.3 Å². The molecule has 4 aromatic heterocycles. The van der Waals surface area contributed by atoms with Gasteiger partial charge in [-0.15, -0.1) is 0 Å². The van der Waals surface area contributed by atoms with Gasteiger partial charge in [0.05, 0.1) is 27.6 Å². The lowest BCUT2D eigenvalue weighted by Crippen LogP contribution is -2.06. The molecule has 0 aliphatic heterocycles. The van der Waals surface area contributed by atoms with Gasteiger partial charge >= 0.3 is 0 Å². The molecule has 0 amide bonds. The number of hydrogen-bond acceptors (Lipinski definition) is 4. The van der Waals surface area contributed by atoms with Crippen LogP contribution in [-0.4, -0.2) is 24.1 Å². The predicted molar refractivity (Wildman–Crippen MR) is 283 cm³/mol. The third-order valence-corrected chi connectivity index (χ3v) is 13.6. The molecular weight excluding hydrogens is 843 g/mol. The first-order valence-corrected chi connectivity index (χ1v) is 23.3. The Morgan fingerprint density at radius 1 is 0.319 bits per heavy atom. The lowest BCUT2D eigenvalue weighted by Gasteiger charge is -2.12. The zero-order chi connectivity index (χ0) is 45.4. The number of aromatic nitrogens is 5. The Kier molecular flexibility index (Phi) is 8.79. The van der Waals surface area contributed by atoms with Crippen molar-refractivity contribution in [2.45, 2.75) is 0 Å². The van der Waals surface area contributed by atoms with Gasteiger partial charge in [-0.25, -0.2) is 4.98 Å². The van der Waals surface area contributed by atoms with Crippen LogP contribution in [0.25, 0.3) is 133 Å². The zero-order valence-electron chi connectivity index (χ0n) is 37.2. The van der Waals surface area contributed by atoms with Crippen LogP contribution in [0.15, 0.2) is 241 Å². The maximum atomic E-state index is 6.84. The highest BCUT2D eigenvalue weighted by Crippen LogP contribution is 2.44. The predicted octanol–water partition coefficient (Wildman–Crippen LogP) is 16.3. The molecule has 0 radical (unpaired) electrons. The van der Waals surface area contributed by atoms with E-state index < -0.39 is 0 Å². The molecule has 0 fully saturated rings. The van der Waals surface area contributed by atoms with E-state index in [1.54, 1.807) is 0 Å². The minimum absolute atomic E-state index is 0.513. The van der Waals surface area contributed by atoms with Gasteiger partial charge in [-0.05, 0) is 75.8 Å². The SMILES string of the molecule is c1ccc(-c2ccc(-c3nc(-c4cccc5c4oc4cccc(-c6ccccc6)c45)nc(-n4c5ccccc5c5c4ccc4c6ccccc6n(-c6cccc(-c7ccccc7)c6)c45)n3)cc2)cc1. The second-order valence-electron chi connectivity index (χ2n) is 17.5. The van der Waals surface area contributed by atoms with Gasteiger partial charge in [0.2, 0.25) is 5.95 Å². The summed E-state index contributed by atoms with van der Waals surface area (Å²) >= 11 is 0. The van der Waals surface area contributed by atoms with Crippen LogP contribution in [0.4, 0.5) is 0 Å². The van der Waals surface area contributed by atoms with Gasteiger partial charge in [0.1, 0.15) is 11.2 Å². The van der Waals surface area contributed by atoms with Crippen LogP contribution < -0.4 is 0 Å². The first-order chi connectivity index (χ1) is 34.2. The van der Waals surface area contributed by atoms with Crippen molar-refractivity contribution in [3.63, 3.8) is 0 Å². The Bertz CT molecular complexity index is 4280. The summed E-state index contributed by atoms with van der Waals surface area (Å²) in [7, 11) is 0. The first kappa shape index (κ1) is 38.8. The minimum Gasteiger partial charge on any atom is -0.455 e. The highest BCUT2D eigenvalue weighted by molar-refractivity contribution is 6.26. The highest BCUT2D eigenvalue weighted by atomic mass is 16.3. The highest BCUT2D eigenvalue weighted by Gasteiger charge is 2.24. The minimum atomic E-state index is 0.513. The van der Waals surface area contributed by atoms with Crippen molar-refractivity contribution in [1.29, 1.82) is 0 Å². The van der Waals surface area contributed by atoms with Gasteiger partial charge < -0.3 is 8.98 Å². The van der Waals surface area contributed by atoms with Gasteiger partial charge in [0, 0.05) is 43.6 Å². The molecule has 0 saturated heterocycles. The monoisotopic (exact) mass is 881 g/mol. The Hall–Kier alpha value is -9.39. The zero-order valence-corrected chi connectivity index (χ0v) is 37.2. The summed E-state index contributed by atoms with van der Waals surface area (Å²) in [5.74, 6) is 1.60. The Morgan fingerprint density at radius 3 is 1.65 bits per heavy atom. The van der Waals surface area contributed by atoms with Gasteiger partial charge in [0.15, 0.2) is 11.6 Å². The molecular formula is C63H39N5O. The molecule has 0 atom stereocenters. The second kappa shape index (κ2) is 15.6. The lowest BCUT2D eigenvalue weighted by molar-refractivity contribution is 0.669. The van der Waals surface area contributed by atoms with Crippen LogP contribution in [0.5, 0.6) is 0 Å². The summed E-state index contributed by atoms with van der Waals surface area (Å²) < 4.78 is 11.5. The fourth-order valence-corrected chi connectivity index (χ4v) is 10.5. The van der Waals surface area contributed by atoms with E-state index in [9.17, 15) is 0 Å². The van der Waals surface area contributed by atoms with E-state index in [-0.39, 0.29) is 0 Å². The van der Waals surface area contributed by atoms with Crippen molar-refractivity contribution >= 4 is 65.6 Å². The number of furan rings is 1. The summed E-state index contributed by atoms with van der Waals surface area (Å²) in [5.41, 5.74) is 15.4. The molecule has 69 heavy (non-hydrogen) atoms. The third-order valence-electron chi connectivity index (χ3n) is 13.6. The molecule has 322 valence electrons. The standard InChI is InChI=1S/C63H39N5O/c1-4-17-40(18-5-1)42-33-35-44(36-34-42)61-64-62(52-29-15-28-51-57-47(43-21-8-3-9-22-43)27-16-32-56(57)69-60(51)52)66-63(65-61)68-54-31-13-11-26-50(54)58-55(68)38-37-49-48-25-10-12-30-53(48)67(59(49)58)46-24-14-23-45(39-46)41-19-6-2-7-20-41/h1-39H. The first-order valence-electron chi connectivity index (χ1n) is 23.3. The summed E-state index contributed by atoms with van der Waals surface area (Å²) in [6.07, 6.45) is 0. The van der Waals surface area contributed by atoms with Crippen molar-refractivity contribution in [1.82, 2.24) is 24.1 Å². The molecule has 6 nitrogen and oxygen atoms in total. The number of para-hydroxylation sites is 3. The van der Waals surface area contributed by atoms with E-state index in [0.29, 0.717) is 17.6 Å². The summed E-state index contributed by atoms with van der Waals surface area (Å²) in [4.78, 5) is 16.2. The van der Waals surface area contributed by atoms with Gasteiger partial charge in [-0.3, -0.25) is 4.57 Å². The Labute approximate surface area is 396 Å². The molecule has 0 aliphatic rings. The topological polar surface area (TPSA) is 61.7 Å². The van der Waals surface area contributed by atoms with Gasteiger partial charge in [0.25, 0.3) is 0 Å². The average molecular weight is 882 g/mol. The number of fused-ring (bicyclic) bond motifs is 10. The normalized spacial score (nSPS) is 11.8. The third kappa shape index (κ3) is 6.23. The molecule has 0 bridgehead atoms. The van der Waals surface area contributed by atoms with E-state index in [0.717, 1.165) is 99.4 Å². The van der Waals surface area contributed by atoms with Crippen molar-refractivity contribution in [2.75, 3.05) is 0 Å². The Morgan fingerprint density at radius 2 is 0.884 bits per heavy atom. The van der Waals surface area contributed by atoms with Crippen LogP contribution in [0.2, 0.25) is 0 Å². The van der Waals surface area contributed by atoms with Gasteiger partial charge in [-0.1, -0.05) is 194 Å². The molecule has 0 saturated carbocycles. The summed E-state index contributed by atoms with van der Waals surface area (Å²) in [5, 5.41) is 6.64. The molecule has 4 heterocycles. The fraction of sp³-hybridized carbons (Fsp3) is 0. The van der Waals surface area contributed by atoms with Crippen LogP contribution in [0.1, 0.15) is 0 Å². The van der Waals surface area contributed by atoms with E-state index in [4.69, 9.17) is 19.4 Å². The smallest absolute Gasteiger partial charge is 0.238 e. The van der Waals surface area contributed by atoms with Crippen LogP contribution in [0.3, 0.4) is 0 Å². The molecule has 6 heteroatoms. The number of benzene rings is 10. The van der Waals surface area contributed by atoms with Crippen molar-refractivity contribution in [3.05, 3.63) is 237 Å². The summed E-state index contributed by atoms with van der Waals surface area (Å²) in [6.45, 7) is 0. The van der Waals surface area contributed by atoms with Crippen LogP contribution in [0, 0.1) is 0 Å². The molecule has 0 unspecified atom stereocenters. The molecule has 14 rings (SSSR count). The molecule has 0 spiro atoms. The van der Waals surface area contributed by atoms with E-state index in [1.807, 2.05) is 18.2 Å². The second-order valence-corrected chi connectivity index (χ2v) is 17.5. The molecule has 14 aromatic rings. The Balaban J connectivity index is 1.04. The van der Waals surface area contributed by atoms with Crippen LogP contribution >= 0.6 is 0 Å². The average Bonchev–Trinajstić information content (AvgIpc) is 4.10. The fourth-order valence-electron chi connectivity index (χ4n) is 10.5. The van der Waals surface area contributed by atoms with E-state index >= 15 is 0 Å². The maximum Gasteiger partial charge on any atom is 0.238 e. The number of hydrogen-bond donors (Lipinski definition) is 0. The number of nitrogens with zero attached hydrogens (tertiary/aromatic N) is 5. The lowest BCUT2D eigenvalue weighted by atomic mass is 9.99. The number of rotatable bonds is 7. The summed E-state index contributed by atoms with van der Waals surface area (Å²) in [6, 6.07) is 83.2. The van der Waals surface area contributed by atoms with Gasteiger partial charge in [-0.2, -0.15) is 9.97 Å². The quantitative estimate of drug-likeness (QED) is 0.160. The van der Waals surface area contributed by atoms with Crippen molar-refractivity contribution in [2.24, 2.45) is 0 Å². The molecule has 0 N–H and O–H groups in total.